The van der Waals surface area contributed by atoms with E-state index in [4.69, 9.17) is 4.42 Å². The number of nitrogens with zero attached hydrogens (tertiary/aromatic N) is 2. The molecule has 1 saturated heterocycles. The minimum atomic E-state index is -0.775. The summed E-state index contributed by atoms with van der Waals surface area (Å²) in [6.07, 6.45) is 2.38. The number of nitrogens with one attached hydrogen (secondary N) is 1. The maximum Gasteiger partial charge on any atom is 0.254 e. The second-order valence-electron chi connectivity index (χ2n) is 7.19. The Morgan fingerprint density at radius 3 is 2.70 bits per heavy atom. The van der Waals surface area contributed by atoms with Crippen molar-refractivity contribution in [2.75, 3.05) is 6.54 Å². The van der Waals surface area contributed by atoms with Crippen molar-refractivity contribution in [3.63, 3.8) is 0 Å². The van der Waals surface area contributed by atoms with Crippen molar-refractivity contribution < 1.29 is 24.2 Å². The number of oxazole rings is 1. The van der Waals surface area contributed by atoms with Crippen LogP contribution in [0.5, 0.6) is 5.75 Å². The number of aliphatic hydroxyl groups excluding tert-OH is 1. The molecule has 4 rings (SSSR count). The lowest BCUT2D eigenvalue weighted by atomic mass is 10.1. The maximum absolute atomic E-state index is 12.8. The molecule has 0 spiro atoms. The smallest absolute Gasteiger partial charge is 0.254 e. The van der Waals surface area contributed by atoms with Crippen LogP contribution in [0.3, 0.4) is 0 Å². The van der Waals surface area contributed by atoms with Gasteiger partial charge in [-0.2, -0.15) is 0 Å². The number of rotatable bonds is 5. The van der Waals surface area contributed by atoms with E-state index in [9.17, 15) is 19.8 Å². The van der Waals surface area contributed by atoms with Crippen molar-refractivity contribution in [2.24, 2.45) is 0 Å². The van der Waals surface area contributed by atoms with E-state index in [0.717, 1.165) is 11.1 Å². The fraction of sp³-hybridized carbons (Fsp3) is 0.227. The van der Waals surface area contributed by atoms with Crippen LogP contribution in [0, 0.1) is 0 Å². The van der Waals surface area contributed by atoms with Crippen LogP contribution < -0.4 is 5.32 Å². The van der Waals surface area contributed by atoms with E-state index in [0.29, 0.717) is 5.76 Å². The Hall–Kier alpha value is -3.65. The number of hydrogen-bond acceptors (Lipinski definition) is 6. The average molecular weight is 407 g/mol. The predicted molar refractivity (Wildman–Crippen MR) is 107 cm³/mol. The van der Waals surface area contributed by atoms with E-state index in [1.165, 1.54) is 23.4 Å². The molecule has 2 atom stereocenters. The molecular formula is C22H21N3O5. The molecule has 0 aliphatic carbocycles. The van der Waals surface area contributed by atoms with E-state index < -0.39 is 18.1 Å². The first-order chi connectivity index (χ1) is 14.5. The molecule has 0 radical (unpaired) electrons. The Labute approximate surface area is 172 Å². The van der Waals surface area contributed by atoms with Gasteiger partial charge < -0.3 is 24.8 Å². The molecule has 1 fully saturated rings. The molecule has 1 aliphatic rings. The van der Waals surface area contributed by atoms with E-state index in [2.05, 4.69) is 10.3 Å². The molecule has 0 bridgehead atoms. The highest BCUT2D eigenvalue weighted by Gasteiger charge is 2.39. The first-order valence-electron chi connectivity index (χ1n) is 9.55. The van der Waals surface area contributed by atoms with Gasteiger partial charge in [0.05, 0.1) is 12.3 Å². The normalized spacial score (nSPS) is 18.4. The number of benzene rings is 2. The Balaban J connectivity index is 1.41. The lowest BCUT2D eigenvalue weighted by Gasteiger charge is -2.24. The summed E-state index contributed by atoms with van der Waals surface area (Å²) in [4.78, 5) is 30.8. The number of aliphatic hydroxyl groups is 1. The lowest BCUT2D eigenvalue weighted by molar-refractivity contribution is -0.125. The Morgan fingerprint density at radius 1 is 1.20 bits per heavy atom. The number of carbonyl (C=O) groups excluding carboxylic acids is 2. The van der Waals surface area contributed by atoms with Crippen LogP contribution in [0.4, 0.5) is 0 Å². The molecule has 2 aromatic carbocycles. The van der Waals surface area contributed by atoms with Crippen LogP contribution in [-0.2, 0) is 11.3 Å². The molecule has 1 aliphatic heterocycles. The summed E-state index contributed by atoms with van der Waals surface area (Å²) in [5, 5.41) is 22.5. The molecule has 3 N–H and O–H groups in total. The van der Waals surface area contributed by atoms with Crippen LogP contribution in [0.15, 0.2) is 65.5 Å². The predicted octanol–water partition coefficient (Wildman–Crippen LogP) is 1.94. The zero-order valence-electron chi connectivity index (χ0n) is 16.1. The van der Waals surface area contributed by atoms with Crippen molar-refractivity contribution in [3.05, 3.63) is 72.2 Å². The highest BCUT2D eigenvalue weighted by atomic mass is 16.3. The highest BCUT2D eigenvalue weighted by molar-refractivity contribution is 5.98. The summed E-state index contributed by atoms with van der Waals surface area (Å²) in [5.74, 6) is -0.111. The zero-order chi connectivity index (χ0) is 21.1. The van der Waals surface area contributed by atoms with Gasteiger partial charge in [-0.05, 0) is 23.8 Å². The fourth-order valence-corrected chi connectivity index (χ4v) is 3.54. The molecule has 2 amide bonds. The highest BCUT2D eigenvalue weighted by Crippen LogP contribution is 2.23. The minimum Gasteiger partial charge on any atom is -0.508 e. The molecule has 1 aromatic heterocycles. The van der Waals surface area contributed by atoms with Crippen molar-refractivity contribution in [3.8, 4) is 17.1 Å². The third kappa shape index (κ3) is 4.18. The van der Waals surface area contributed by atoms with Gasteiger partial charge in [0.15, 0.2) is 12.2 Å². The van der Waals surface area contributed by atoms with E-state index >= 15 is 0 Å². The van der Waals surface area contributed by atoms with E-state index in [1.54, 1.807) is 18.3 Å². The van der Waals surface area contributed by atoms with Crippen LogP contribution in [-0.4, -0.2) is 50.6 Å². The standard InChI is InChI=1S/C22H21N3O5/c26-17-3-1-2-16(8-17)22(29)25-12-18(27)9-19(25)21(28)24-10-14-4-6-15(7-5-14)20-11-23-13-30-20/h1-8,11,13,18-19,26-27H,9-10,12H2,(H,24,28). The number of hydrogen-bond donors (Lipinski definition) is 3. The first-order valence-corrected chi connectivity index (χ1v) is 9.55. The first kappa shape index (κ1) is 19.7. The SMILES string of the molecule is O=C(NCc1ccc(-c2cnco2)cc1)C1CC(O)CN1C(=O)c1cccc(O)c1. The van der Waals surface area contributed by atoms with E-state index in [1.807, 2.05) is 24.3 Å². The van der Waals surface area contributed by atoms with Gasteiger partial charge in [0.2, 0.25) is 5.91 Å². The number of phenolic OH excluding ortho intramolecular Hbond substituents is 1. The quantitative estimate of drug-likeness (QED) is 0.595. The van der Waals surface area contributed by atoms with Crippen molar-refractivity contribution in [1.29, 1.82) is 0 Å². The van der Waals surface area contributed by atoms with Crippen molar-refractivity contribution >= 4 is 11.8 Å². The Bertz CT molecular complexity index is 1030. The summed E-state index contributed by atoms with van der Waals surface area (Å²) in [5.41, 5.74) is 2.03. The third-order valence-electron chi connectivity index (χ3n) is 5.07. The number of likely N-dealkylation sites (tertiary alicyclic amines) is 1. The minimum absolute atomic E-state index is 0.0321. The summed E-state index contributed by atoms with van der Waals surface area (Å²) in [7, 11) is 0. The van der Waals surface area contributed by atoms with Crippen molar-refractivity contribution in [1.82, 2.24) is 15.2 Å². The van der Waals surface area contributed by atoms with Crippen molar-refractivity contribution in [2.45, 2.75) is 25.1 Å². The second kappa shape index (κ2) is 8.38. The zero-order valence-corrected chi connectivity index (χ0v) is 16.1. The average Bonchev–Trinajstić information content (AvgIpc) is 3.42. The van der Waals surface area contributed by atoms with Gasteiger partial charge in [0, 0.05) is 30.6 Å². The van der Waals surface area contributed by atoms with Gasteiger partial charge in [-0.1, -0.05) is 30.3 Å². The van der Waals surface area contributed by atoms with E-state index in [-0.39, 0.29) is 36.7 Å². The number of aromatic hydroxyl groups is 1. The van der Waals surface area contributed by atoms with Gasteiger partial charge in [0.25, 0.3) is 5.91 Å². The topological polar surface area (TPSA) is 116 Å². The van der Waals surface area contributed by atoms with Crippen LogP contribution in [0.1, 0.15) is 22.3 Å². The second-order valence-corrected chi connectivity index (χ2v) is 7.19. The molecule has 0 saturated carbocycles. The number of β-amino-alcohol motifs (C(OH)–C–C–N with tert-alkyl or cyclic N) is 1. The summed E-state index contributed by atoms with van der Waals surface area (Å²) < 4.78 is 5.26. The molecule has 154 valence electrons. The molecule has 2 unspecified atom stereocenters. The molecular weight excluding hydrogens is 386 g/mol. The lowest BCUT2D eigenvalue weighted by Crippen LogP contribution is -2.45. The Kier molecular flexibility index (Phi) is 5.49. The van der Waals surface area contributed by atoms with Crippen LogP contribution >= 0.6 is 0 Å². The monoisotopic (exact) mass is 407 g/mol. The molecule has 8 nitrogen and oxygen atoms in total. The molecule has 30 heavy (non-hydrogen) atoms. The van der Waals surface area contributed by atoms with Gasteiger partial charge in [0.1, 0.15) is 11.8 Å². The molecule has 3 aromatic rings. The number of aromatic nitrogens is 1. The summed E-state index contributed by atoms with van der Waals surface area (Å²) in [6.45, 7) is 0.356. The molecule has 2 heterocycles. The van der Waals surface area contributed by atoms with Gasteiger partial charge in [-0.25, -0.2) is 4.98 Å². The number of amides is 2. The largest absolute Gasteiger partial charge is 0.508 e. The Morgan fingerprint density at radius 2 is 2.00 bits per heavy atom. The van der Waals surface area contributed by atoms with Crippen LogP contribution in [0.2, 0.25) is 0 Å². The van der Waals surface area contributed by atoms with Gasteiger partial charge in [-0.15, -0.1) is 0 Å². The molecule has 8 heteroatoms. The van der Waals surface area contributed by atoms with Crippen LogP contribution in [0.25, 0.3) is 11.3 Å². The van der Waals surface area contributed by atoms with Gasteiger partial charge in [-0.3, -0.25) is 9.59 Å². The summed E-state index contributed by atoms with van der Waals surface area (Å²) >= 11 is 0. The maximum atomic E-state index is 12.8. The fourth-order valence-electron chi connectivity index (χ4n) is 3.54. The van der Waals surface area contributed by atoms with Gasteiger partial charge >= 0.3 is 0 Å². The third-order valence-corrected chi connectivity index (χ3v) is 5.07. The summed E-state index contributed by atoms with van der Waals surface area (Å²) in [6, 6.07) is 12.7. The number of phenols is 1. The number of carbonyl (C=O) groups is 2.